The number of hydrogen-bond donors (Lipinski definition) is 0. The van der Waals surface area contributed by atoms with Crippen LogP contribution in [0.4, 0.5) is 0 Å². The average Bonchev–Trinajstić information content (AvgIpc) is 2.45. The molecule has 0 aliphatic heterocycles. The minimum absolute atomic E-state index is 0.184. The van der Waals surface area contributed by atoms with E-state index in [0.29, 0.717) is 25.8 Å². The van der Waals surface area contributed by atoms with Crippen LogP contribution >= 0.6 is 0 Å². The maximum atomic E-state index is 11.8. The van der Waals surface area contributed by atoms with Crippen molar-refractivity contribution in [3.63, 3.8) is 0 Å². The molecule has 0 aliphatic rings. The number of esters is 1. The number of unbranched alkanes of at least 4 members (excludes halogenated alkanes) is 6. The van der Waals surface area contributed by atoms with Crippen LogP contribution in [0.15, 0.2) is 0 Å². The number of carbonyl (C=O) groups excluding carboxylic acids is 2. The molecule has 4 nitrogen and oxygen atoms in total. The van der Waals surface area contributed by atoms with Gasteiger partial charge < -0.3 is 9.64 Å². The molecule has 0 rings (SSSR count). The lowest BCUT2D eigenvalue weighted by Gasteiger charge is -2.16. The monoisotopic (exact) mass is 285 g/mol. The van der Waals surface area contributed by atoms with Gasteiger partial charge in [-0.15, -0.1) is 0 Å². The molecule has 20 heavy (non-hydrogen) atoms. The zero-order valence-electron chi connectivity index (χ0n) is 13.5. The molecule has 0 saturated heterocycles. The molecule has 0 saturated carbocycles. The number of nitrogens with zero attached hydrogens (tertiary/aromatic N) is 1. The van der Waals surface area contributed by atoms with Crippen molar-refractivity contribution in [3.05, 3.63) is 0 Å². The van der Waals surface area contributed by atoms with E-state index in [2.05, 4.69) is 11.7 Å². The highest BCUT2D eigenvalue weighted by Gasteiger charge is 2.09. The zero-order valence-corrected chi connectivity index (χ0v) is 13.5. The van der Waals surface area contributed by atoms with E-state index in [0.717, 1.165) is 12.8 Å². The summed E-state index contributed by atoms with van der Waals surface area (Å²) in [6.45, 7) is 2.85. The third kappa shape index (κ3) is 10.8. The molecule has 0 heterocycles. The van der Waals surface area contributed by atoms with Gasteiger partial charge in [0.25, 0.3) is 0 Å². The van der Waals surface area contributed by atoms with Crippen LogP contribution in [0.5, 0.6) is 0 Å². The van der Waals surface area contributed by atoms with Crippen LogP contribution in [0.25, 0.3) is 0 Å². The number of rotatable bonds is 12. The Morgan fingerprint density at radius 3 is 2.10 bits per heavy atom. The predicted octanol–water partition coefficient (Wildman–Crippen LogP) is 3.54. The third-order valence-electron chi connectivity index (χ3n) is 3.52. The topological polar surface area (TPSA) is 46.6 Å². The van der Waals surface area contributed by atoms with Crippen LogP contribution in [0.1, 0.15) is 71.1 Å². The zero-order chi connectivity index (χ0) is 15.2. The van der Waals surface area contributed by atoms with Crippen molar-refractivity contribution in [2.24, 2.45) is 0 Å². The van der Waals surface area contributed by atoms with E-state index in [1.54, 1.807) is 11.9 Å². The molecule has 0 atom stereocenters. The minimum Gasteiger partial charge on any atom is -0.469 e. The van der Waals surface area contributed by atoms with Crippen molar-refractivity contribution in [1.29, 1.82) is 0 Å². The molecular weight excluding hydrogens is 254 g/mol. The van der Waals surface area contributed by atoms with Crippen molar-refractivity contribution in [2.75, 3.05) is 20.7 Å². The molecule has 0 aromatic carbocycles. The van der Waals surface area contributed by atoms with E-state index >= 15 is 0 Å². The molecule has 0 aliphatic carbocycles. The Morgan fingerprint density at radius 2 is 1.50 bits per heavy atom. The maximum Gasteiger partial charge on any atom is 0.305 e. The van der Waals surface area contributed by atoms with Gasteiger partial charge in [-0.2, -0.15) is 0 Å². The summed E-state index contributed by atoms with van der Waals surface area (Å²) >= 11 is 0. The van der Waals surface area contributed by atoms with Gasteiger partial charge in [-0.05, 0) is 12.8 Å². The highest BCUT2D eigenvalue weighted by molar-refractivity contribution is 5.75. The van der Waals surface area contributed by atoms with Crippen LogP contribution < -0.4 is 0 Å². The molecule has 0 spiro atoms. The fourth-order valence-electron chi connectivity index (χ4n) is 2.11. The SMILES string of the molecule is CCCCCCCCCC(=O)N(C)CCCC(=O)OC. The van der Waals surface area contributed by atoms with Crippen LogP contribution in [0.3, 0.4) is 0 Å². The number of ether oxygens (including phenoxy) is 1. The van der Waals surface area contributed by atoms with Crippen LogP contribution in [-0.4, -0.2) is 37.5 Å². The molecule has 0 N–H and O–H groups in total. The van der Waals surface area contributed by atoms with E-state index in [1.807, 2.05) is 0 Å². The van der Waals surface area contributed by atoms with E-state index < -0.39 is 0 Å². The Balaban J connectivity index is 3.48. The Bertz CT molecular complexity index is 266. The predicted molar refractivity (Wildman–Crippen MR) is 81.5 cm³/mol. The Morgan fingerprint density at radius 1 is 0.900 bits per heavy atom. The Kier molecular flexibility index (Phi) is 12.3. The first-order valence-electron chi connectivity index (χ1n) is 7.92. The second kappa shape index (κ2) is 12.9. The second-order valence-electron chi connectivity index (χ2n) is 5.37. The Labute approximate surface area is 123 Å². The van der Waals surface area contributed by atoms with Gasteiger partial charge in [0.15, 0.2) is 0 Å². The molecule has 4 heteroatoms. The van der Waals surface area contributed by atoms with E-state index in [9.17, 15) is 9.59 Å². The first-order chi connectivity index (χ1) is 9.61. The highest BCUT2D eigenvalue weighted by Crippen LogP contribution is 2.09. The Hall–Kier alpha value is -1.06. The average molecular weight is 285 g/mol. The summed E-state index contributed by atoms with van der Waals surface area (Å²) in [6.07, 6.45) is 10.2. The van der Waals surface area contributed by atoms with Gasteiger partial charge in [-0.3, -0.25) is 9.59 Å². The molecule has 0 bridgehead atoms. The first-order valence-corrected chi connectivity index (χ1v) is 7.92. The normalized spacial score (nSPS) is 10.3. The fraction of sp³-hybridized carbons (Fsp3) is 0.875. The lowest BCUT2D eigenvalue weighted by atomic mass is 10.1. The van der Waals surface area contributed by atoms with E-state index in [-0.39, 0.29) is 11.9 Å². The van der Waals surface area contributed by atoms with Crippen molar-refractivity contribution < 1.29 is 14.3 Å². The van der Waals surface area contributed by atoms with Crippen LogP contribution in [0.2, 0.25) is 0 Å². The van der Waals surface area contributed by atoms with Gasteiger partial charge in [0.1, 0.15) is 0 Å². The van der Waals surface area contributed by atoms with Gasteiger partial charge in [-0.1, -0.05) is 45.4 Å². The van der Waals surface area contributed by atoms with Crippen molar-refractivity contribution in [2.45, 2.75) is 71.1 Å². The van der Waals surface area contributed by atoms with Crippen LogP contribution in [-0.2, 0) is 14.3 Å². The summed E-state index contributed by atoms with van der Waals surface area (Å²) in [4.78, 5) is 24.5. The smallest absolute Gasteiger partial charge is 0.305 e. The van der Waals surface area contributed by atoms with Crippen molar-refractivity contribution in [1.82, 2.24) is 4.90 Å². The first kappa shape index (κ1) is 18.9. The lowest BCUT2D eigenvalue weighted by Crippen LogP contribution is -2.27. The number of methoxy groups -OCH3 is 1. The summed E-state index contributed by atoms with van der Waals surface area (Å²) in [7, 11) is 3.19. The quantitative estimate of drug-likeness (QED) is 0.407. The van der Waals surface area contributed by atoms with Gasteiger partial charge in [0.05, 0.1) is 7.11 Å². The lowest BCUT2D eigenvalue weighted by molar-refractivity contribution is -0.141. The molecule has 1 amide bonds. The summed E-state index contributed by atoms with van der Waals surface area (Å²) in [5.41, 5.74) is 0. The highest BCUT2D eigenvalue weighted by atomic mass is 16.5. The largest absolute Gasteiger partial charge is 0.469 e. The molecular formula is C16H31NO3. The molecule has 0 unspecified atom stereocenters. The maximum absolute atomic E-state index is 11.8. The van der Waals surface area contributed by atoms with Crippen molar-refractivity contribution in [3.8, 4) is 0 Å². The van der Waals surface area contributed by atoms with E-state index in [1.165, 1.54) is 39.2 Å². The molecule has 0 radical (unpaired) electrons. The second-order valence-corrected chi connectivity index (χ2v) is 5.37. The summed E-state index contributed by atoms with van der Waals surface area (Å²) in [5.74, 6) is -0.0265. The minimum atomic E-state index is -0.210. The molecule has 0 fully saturated rings. The summed E-state index contributed by atoms with van der Waals surface area (Å²) < 4.78 is 4.57. The van der Waals surface area contributed by atoms with Gasteiger partial charge in [-0.25, -0.2) is 0 Å². The van der Waals surface area contributed by atoms with Gasteiger partial charge >= 0.3 is 5.97 Å². The number of hydrogen-bond acceptors (Lipinski definition) is 3. The van der Waals surface area contributed by atoms with E-state index in [4.69, 9.17) is 0 Å². The number of amides is 1. The third-order valence-corrected chi connectivity index (χ3v) is 3.52. The van der Waals surface area contributed by atoms with Gasteiger partial charge in [0, 0.05) is 26.4 Å². The molecule has 0 aromatic heterocycles. The number of carbonyl (C=O) groups is 2. The fourth-order valence-corrected chi connectivity index (χ4v) is 2.11. The summed E-state index contributed by atoms with van der Waals surface area (Å²) in [6, 6.07) is 0. The summed E-state index contributed by atoms with van der Waals surface area (Å²) in [5, 5.41) is 0. The van der Waals surface area contributed by atoms with Gasteiger partial charge in [0.2, 0.25) is 5.91 Å². The molecule has 118 valence electrons. The standard InChI is InChI=1S/C16H31NO3/c1-4-5-6-7-8-9-10-12-15(18)17(2)14-11-13-16(19)20-3/h4-14H2,1-3H3. The van der Waals surface area contributed by atoms with Crippen LogP contribution in [0, 0.1) is 0 Å². The van der Waals surface area contributed by atoms with Crippen molar-refractivity contribution >= 4 is 11.9 Å². The molecule has 0 aromatic rings.